The molecule has 0 bridgehead atoms. The van der Waals surface area contributed by atoms with Crippen molar-refractivity contribution in [1.29, 1.82) is 0 Å². The summed E-state index contributed by atoms with van der Waals surface area (Å²) < 4.78 is 23.9. The molecule has 2 heterocycles. The third-order valence-electron chi connectivity index (χ3n) is 5.33. The molecule has 0 aromatic heterocycles. The van der Waals surface area contributed by atoms with Crippen LogP contribution in [0, 0.1) is 5.92 Å². The van der Waals surface area contributed by atoms with Crippen LogP contribution in [-0.2, 0) is 25.8 Å². The molecule has 0 radical (unpaired) electrons. The lowest BCUT2D eigenvalue weighted by Crippen LogP contribution is -2.66. The Morgan fingerprint density at radius 2 is 1.88 bits per heavy atom. The minimum absolute atomic E-state index is 0.235. The van der Waals surface area contributed by atoms with Crippen LogP contribution in [-0.4, -0.2) is 57.7 Å². The molecule has 25 heavy (non-hydrogen) atoms. The number of hydrogen-bond donors (Lipinski definition) is 2. The number of aliphatic carboxylic acids is 1. The van der Waals surface area contributed by atoms with E-state index in [9.17, 15) is 28.2 Å². The number of carboxylic acid groups (broad SMARTS) is 1. The number of sulfone groups is 1. The minimum Gasteiger partial charge on any atom is -0.480 e. The largest absolute Gasteiger partial charge is 0.480 e. The van der Waals surface area contributed by atoms with E-state index in [1.807, 2.05) is 30.3 Å². The SMILES string of the molecule is CC1(C)[C@H](C(=O)O)N2C(=O)[C@@H]([C@H](O)CCc3ccccc3)[C@H]2S1(=O)=O. The average Bonchev–Trinajstić information content (AvgIpc) is 2.68. The number of amides is 1. The molecular weight excluding hydrogens is 346 g/mol. The third-order valence-corrected chi connectivity index (χ3v) is 8.18. The van der Waals surface area contributed by atoms with Gasteiger partial charge in [0.1, 0.15) is 11.4 Å². The second-order valence-electron chi connectivity index (χ2n) is 7.14. The van der Waals surface area contributed by atoms with Gasteiger partial charge < -0.3 is 15.1 Å². The number of aliphatic hydroxyl groups is 1. The van der Waals surface area contributed by atoms with Crippen molar-refractivity contribution in [2.24, 2.45) is 5.92 Å². The van der Waals surface area contributed by atoms with Crippen LogP contribution in [0.4, 0.5) is 0 Å². The molecule has 0 spiro atoms. The van der Waals surface area contributed by atoms with Crippen molar-refractivity contribution in [1.82, 2.24) is 4.90 Å². The zero-order valence-corrected chi connectivity index (χ0v) is 14.8. The van der Waals surface area contributed by atoms with Crippen molar-refractivity contribution in [3.05, 3.63) is 35.9 Å². The summed E-state index contributed by atoms with van der Waals surface area (Å²) in [5.74, 6) is -3.05. The number of aliphatic hydroxyl groups excluding tert-OH is 1. The predicted molar refractivity (Wildman–Crippen MR) is 89.3 cm³/mol. The van der Waals surface area contributed by atoms with Gasteiger partial charge in [0.2, 0.25) is 5.91 Å². The number of carbonyl (C=O) groups excluding carboxylic acids is 1. The zero-order valence-electron chi connectivity index (χ0n) is 14.0. The van der Waals surface area contributed by atoms with Crippen LogP contribution < -0.4 is 0 Å². The summed E-state index contributed by atoms with van der Waals surface area (Å²) >= 11 is 0. The highest BCUT2D eigenvalue weighted by atomic mass is 32.2. The highest BCUT2D eigenvalue weighted by Gasteiger charge is 2.73. The number of benzene rings is 1. The number of fused-ring (bicyclic) bond motifs is 1. The van der Waals surface area contributed by atoms with Gasteiger partial charge in [0.15, 0.2) is 9.84 Å². The van der Waals surface area contributed by atoms with Gasteiger partial charge in [-0.2, -0.15) is 0 Å². The standard InChI is InChI=1S/C17H21NO6S/c1-17(2)13(16(21)22)18-14(20)12(15(18)25(17,23)24)11(19)9-8-10-6-4-3-5-7-10/h3-7,11-13,15,19H,8-9H2,1-2H3,(H,21,22)/t11-,12-,13+,15-/m1/s1. The molecule has 0 unspecified atom stereocenters. The van der Waals surface area contributed by atoms with Gasteiger partial charge in [-0.15, -0.1) is 0 Å². The lowest BCUT2D eigenvalue weighted by atomic mass is 9.85. The highest BCUT2D eigenvalue weighted by Crippen LogP contribution is 2.49. The quantitative estimate of drug-likeness (QED) is 0.730. The molecule has 0 saturated carbocycles. The Balaban J connectivity index is 1.81. The molecule has 1 aromatic rings. The Morgan fingerprint density at radius 1 is 1.28 bits per heavy atom. The molecule has 0 aliphatic carbocycles. The Bertz CT molecular complexity index is 804. The van der Waals surface area contributed by atoms with Crippen LogP contribution in [0.3, 0.4) is 0 Å². The van der Waals surface area contributed by atoms with E-state index in [2.05, 4.69) is 0 Å². The van der Waals surface area contributed by atoms with E-state index in [4.69, 9.17) is 0 Å². The summed E-state index contributed by atoms with van der Waals surface area (Å²) in [6, 6.07) is 7.94. The number of carboxylic acids is 1. The van der Waals surface area contributed by atoms with E-state index in [1.54, 1.807) is 0 Å². The topological polar surface area (TPSA) is 112 Å². The van der Waals surface area contributed by atoms with Gasteiger partial charge >= 0.3 is 5.97 Å². The van der Waals surface area contributed by atoms with Crippen molar-refractivity contribution in [3.8, 4) is 0 Å². The van der Waals surface area contributed by atoms with E-state index in [0.29, 0.717) is 6.42 Å². The lowest BCUT2D eigenvalue weighted by Gasteiger charge is -2.44. The highest BCUT2D eigenvalue weighted by molar-refractivity contribution is 7.93. The number of carbonyl (C=O) groups is 2. The van der Waals surface area contributed by atoms with Crippen molar-refractivity contribution in [3.63, 3.8) is 0 Å². The summed E-state index contributed by atoms with van der Waals surface area (Å²) in [5, 5.41) is 18.5. The molecule has 2 aliphatic heterocycles. The van der Waals surface area contributed by atoms with Gasteiger partial charge in [-0.3, -0.25) is 4.79 Å². The molecule has 8 heteroatoms. The van der Waals surface area contributed by atoms with Gasteiger partial charge in [-0.05, 0) is 32.3 Å². The van der Waals surface area contributed by atoms with Crippen LogP contribution in [0.25, 0.3) is 0 Å². The Labute approximate surface area is 146 Å². The number of aryl methyl sites for hydroxylation is 1. The fraction of sp³-hybridized carbons (Fsp3) is 0.529. The Hall–Kier alpha value is -1.93. The molecule has 136 valence electrons. The first-order valence-corrected chi connectivity index (χ1v) is 9.65. The van der Waals surface area contributed by atoms with Crippen LogP contribution in [0.15, 0.2) is 30.3 Å². The zero-order chi connectivity index (χ0) is 18.6. The van der Waals surface area contributed by atoms with Gasteiger partial charge in [-0.25, -0.2) is 13.2 Å². The van der Waals surface area contributed by atoms with Crippen LogP contribution in [0.5, 0.6) is 0 Å². The number of rotatable bonds is 5. The summed E-state index contributed by atoms with van der Waals surface area (Å²) in [5.41, 5.74) is 0.975. The van der Waals surface area contributed by atoms with Crippen LogP contribution in [0.2, 0.25) is 0 Å². The van der Waals surface area contributed by atoms with E-state index in [1.165, 1.54) is 13.8 Å². The summed E-state index contributed by atoms with van der Waals surface area (Å²) in [4.78, 5) is 24.8. The van der Waals surface area contributed by atoms with E-state index < -0.39 is 49.9 Å². The molecule has 1 amide bonds. The summed E-state index contributed by atoms with van der Waals surface area (Å²) in [6.07, 6.45) is -0.393. The molecule has 2 saturated heterocycles. The monoisotopic (exact) mass is 367 g/mol. The fourth-order valence-corrected chi connectivity index (χ4v) is 6.19. The maximum atomic E-state index is 12.8. The van der Waals surface area contributed by atoms with Gasteiger partial charge in [0.05, 0.1) is 16.8 Å². The third kappa shape index (κ3) is 2.46. The van der Waals surface area contributed by atoms with Crippen molar-refractivity contribution in [2.75, 3.05) is 0 Å². The summed E-state index contributed by atoms with van der Waals surface area (Å²) in [7, 11) is -3.91. The second-order valence-corrected chi connectivity index (χ2v) is 9.77. The molecule has 3 rings (SSSR count). The average molecular weight is 367 g/mol. The van der Waals surface area contributed by atoms with E-state index >= 15 is 0 Å². The maximum Gasteiger partial charge on any atom is 0.328 e. The van der Waals surface area contributed by atoms with Crippen molar-refractivity contribution in [2.45, 2.75) is 49.0 Å². The Kier molecular flexibility index (Phi) is 4.15. The van der Waals surface area contributed by atoms with Crippen molar-refractivity contribution >= 4 is 21.7 Å². The molecule has 7 nitrogen and oxygen atoms in total. The molecule has 1 aromatic carbocycles. The van der Waals surface area contributed by atoms with Crippen LogP contribution >= 0.6 is 0 Å². The molecule has 4 atom stereocenters. The first-order valence-electron chi connectivity index (χ1n) is 8.11. The number of β-lactam (4-membered cyclic amide) rings is 1. The molecule has 2 N–H and O–H groups in total. The van der Waals surface area contributed by atoms with E-state index in [0.717, 1.165) is 10.5 Å². The van der Waals surface area contributed by atoms with Gasteiger partial charge in [0, 0.05) is 0 Å². The Morgan fingerprint density at radius 3 is 2.44 bits per heavy atom. The van der Waals surface area contributed by atoms with Crippen LogP contribution in [0.1, 0.15) is 25.8 Å². The smallest absolute Gasteiger partial charge is 0.328 e. The van der Waals surface area contributed by atoms with E-state index in [-0.39, 0.29) is 6.42 Å². The molecule has 2 fully saturated rings. The maximum absolute atomic E-state index is 12.8. The summed E-state index contributed by atoms with van der Waals surface area (Å²) in [6.45, 7) is 2.64. The van der Waals surface area contributed by atoms with Gasteiger partial charge in [0.25, 0.3) is 0 Å². The van der Waals surface area contributed by atoms with Gasteiger partial charge in [-0.1, -0.05) is 30.3 Å². The molecule has 2 aliphatic rings. The fourth-order valence-electron chi connectivity index (χ4n) is 3.84. The number of hydrogen-bond acceptors (Lipinski definition) is 5. The first kappa shape index (κ1) is 17.9. The second kappa shape index (κ2) is 5.81. The lowest BCUT2D eigenvalue weighted by molar-refractivity contribution is -0.169. The predicted octanol–water partition coefficient (Wildman–Crippen LogP) is 0.425. The first-order chi connectivity index (χ1) is 11.6. The normalized spacial score (nSPS) is 30.4. The molecular formula is C17H21NO6S. The minimum atomic E-state index is -3.91. The van der Waals surface area contributed by atoms with Crippen molar-refractivity contribution < 1.29 is 28.2 Å². The number of nitrogens with zero attached hydrogens (tertiary/aromatic N) is 1.